The number of piperidine rings is 1. The van der Waals surface area contributed by atoms with E-state index in [0.717, 1.165) is 41.2 Å². The minimum Gasteiger partial charge on any atom is -0.497 e. The maximum Gasteiger partial charge on any atom is 0.324 e. The van der Waals surface area contributed by atoms with Crippen molar-refractivity contribution < 1.29 is 23.5 Å². The summed E-state index contributed by atoms with van der Waals surface area (Å²) in [6, 6.07) is 13.7. The summed E-state index contributed by atoms with van der Waals surface area (Å²) in [6.45, 7) is 2.08. The third-order valence-corrected chi connectivity index (χ3v) is 5.80. The van der Waals surface area contributed by atoms with E-state index < -0.39 is 0 Å². The Morgan fingerprint density at radius 2 is 1.91 bits per heavy atom. The number of amides is 1. The SMILES string of the molecule is COc1ccc(-c2noc(N3CCC(C(=O)NCc4ccc5c(c4)OCO5)CC3)n2)cc1. The van der Waals surface area contributed by atoms with E-state index in [2.05, 4.69) is 15.5 Å². The first kappa shape index (κ1) is 20.2. The van der Waals surface area contributed by atoms with Gasteiger partial charge in [-0.1, -0.05) is 11.2 Å². The molecule has 0 unspecified atom stereocenters. The van der Waals surface area contributed by atoms with E-state index in [9.17, 15) is 4.79 Å². The number of aromatic nitrogens is 2. The van der Waals surface area contributed by atoms with Crippen molar-refractivity contribution >= 4 is 11.9 Å². The van der Waals surface area contributed by atoms with Crippen LogP contribution >= 0.6 is 0 Å². The fourth-order valence-electron chi connectivity index (χ4n) is 3.92. The molecule has 0 saturated carbocycles. The minimum absolute atomic E-state index is 0.0377. The number of nitrogens with zero attached hydrogens (tertiary/aromatic N) is 3. The van der Waals surface area contributed by atoms with Gasteiger partial charge in [0.25, 0.3) is 0 Å². The molecule has 2 aliphatic heterocycles. The molecule has 32 heavy (non-hydrogen) atoms. The Bertz CT molecular complexity index is 1090. The van der Waals surface area contributed by atoms with Crippen molar-refractivity contribution in [2.24, 2.45) is 5.92 Å². The fraction of sp³-hybridized carbons (Fsp3) is 0.348. The number of anilines is 1. The zero-order valence-corrected chi connectivity index (χ0v) is 17.7. The van der Waals surface area contributed by atoms with Crippen LogP contribution in [0.15, 0.2) is 47.0 Å². The third kappa shape index (κ3) is 4.18. The molecule has 2 aliphatic rings. The lowest BCUT2D eigenvalue weighted by molar-refractivity contribution is -0.125. The highest BCUT2D eigenvalue weighted by Crippen LogP contribution is 2.32. The molecule has 1 N–H and O–H groups in total. The number of methoxy groups -OCH3 is 1. The van der Waals surface area contributed by atoms with E-state index in [1.54, 1.807) is 7.11 Å². The van der Waals surface area contributed by atoms with Crippen molar-refractivity contribution in [2.75, 3.05) is 31.9 Å². The summed E-state index contributed by atoms with van der Waals surface area (Å²) in [5, 5.41) is 7.13. The summed E-state index contributed by atoms with van der Waals surface area (Å²) < 4.78 is 21.4. The van der Waals surface area contributed by atoms with Gasteiger partial charge in [-0.3, -0.25) is 4.79 Å². The zero-order valence-electron chi connectivity index (χ0n) is 17.7. The molecule has 0 bridgehead atoms. The maximum absolute atomic E-state index is 12.6. The van der Waals surface area contributed by atoms with Crippen LogP contribution in [0.1, 0.15) is 18.4 Å². The second-order valence-corrected chi connectivity index (χ2v) is 7.80. The Morgan fingerprint density at radius 3 is 2.69 bits per heavy atom. The Kier molecular flexibility index (Phi) is 5.53. The number of ether oxygens (including phenoxy) is 3. The molecule has 1 aromatic heterocycles. The van der Waals surface area contributed by atoms with Gasteiger partial charge in [0.2, 0.25) is 18.5 Å². The van der Waals surface area contributed by atoms with Gasteiger partial charge in [0, 0.05) is 31.1 Å². The van der Waals surface area contributed by atoms with E-state index in [4.69, 9.17) is 18.7 Å². The van der Waals surface area contributed by atoms with Crippen LogP contribution in [-0.4, -0.2) is 43.0 Å². The van der Waals surface area contributed by atoms with Gasteiger partial charge in [0.1, 0.15) is 5.75 Å². The molecule has 0 atom stereocenters. The summed E-state index contributed by atoms with van der Waals surface area (Å²) in [6.07, 6.45) is 1.46. The first-order valence-electron chi connectivity index (χ1n) is 10.6. The van der Waals surface area contributed by atoms with Gasteiger partial charge in [-0.25, -0.2) is 0 Å². The number of nitrogens with one attached hydrogen (secondary N) is 1. The molecule has 5 rings (SSSR count). The summed E-state index contributed by atoms with van der Waals surface area (Å²) in [5.74, 6) is 2.79. The first-order valence-corrected chi connectivity index (χ1v) is 10.6. The minimum atomic E-state index is -0.0377. The Labute approximate surface area is 185 Å². The Hall–Kier alpha value is -3.75. The van der Waals surface area contributed by atoms with E-state index in [1.165, 1.54) is 0 Å². The molecule has 1 fully saturated rings. The topological polar surface area (TPSA) is 99.0 Å². The molecule has 9 heteroatoms. The highest BCUT2D eigenvalue weighted by atomic mass is 16.7. The van der Waals surface area contributed by atoms with Gasteiger partial charge >= 0.3 is 6.01 Å². The van der Waals surface area contributed by atoms with Crippen molar-refractivity contribution in [3.8, 4) is 28.6 Å². The number of rotatable bonds is 6. The summed E-state index contributed by atoms with van der Waals surface area (Å²) in [7, 11) is 1.63. The lowest BCUT2D eigenvalue weighted by Gasteiger charge is -2.29. The number of hydrogen-bond donors (Lipinski definition) is 1. The van der Waals surface area contributed by atoms with Gasteiger partial charge < -0.3 is 29.0 Å². The van der Waals surface area contributed by atoms with Crippen LogP contribution < -0.4 is 24.4 Å². The normalized spacial score (nSPS) is 15.6. The van der Waals surface area contributed by atoms with E-state index in [1.807, 2.05) is 47.4 Å². The molecular formula is C23H24N4O5. The predicted octanol–water partition coefficient (Wildman–Crippen LogP) is 3.01. The molecule has 0 spiro atoms. The molecule has 2 aromatic carbocycles. The van der Waals surface area contributed by atoms with Gasteiger partial charge in [0.05, 0.1) is 7.11 Å². The summed E-state index contributed by atoms with van der Waals surface area (Å²) in [5.41, 5.74) is 1.84. The number of hydrogen-bond acceptors (Lipinski definition) is 8. The lowest BCUT2D eigenvalue weighted by atomic mass is 9.96. The van der Waals surface area contributed by atoms with Crippen molar-refractivity contribution in [3.63, 3.8) is 0 Å². The molecule has 166 valence electrons. The molecule has 9 nitrogen and oxygen atoms in total. The quantitative estimate of drug-likeness (QED) is 0.630. The van der Waals surface area contributed by atoms with Crippen LogP contribution in [0, 0.1) is 5.92 Å². The molecule has 1 amide bonds. The molecule has 3 aromatic rings. The zero-order chi connectivity index (χ0) is 21.9. The summed E-state index contributed by atoms with van der Waals surface area (Å²) >= 11 is 0. The van der Waals surface area contributed by atoms with Crippen LogP contribution in [-0.2, 0) is 11.3 Å². The van der Waals surface area contributed by atoms with Gasteiger partial charge in [-0.15, -0.1) is 0 Å². The van der Waals surface area contributed by atoms with Crippen LogP contribution in [0.2, 0.25) is 0 Å². The Balaban J connectivity index is 1.13. The van der Waals surface area contributed by atoms with Crippen molar-refractivity contribution in [3.05, 3.63) is 48.0 Å². The second-order valence-electron chi connectivity index (χ2n) is 7.80. The average Bonchev–Trinajstić information content (AvgIpc) is 3.52. The van der Waals surface area contributed by atoms with E-state index in [-0.39, 0.29) is 18.6 Å². The van der Waals surface area contributed by atoms with Gasteiger partial charge in [-0.05, 0) is 54.8 Å². The number of benzene rings is 2. The number of carbonyl (C=O) groups is 1. The number of fused-ring (bicyclic) bond motifs is 1. The van der Waals surface area contributed by atoms with Gasteiger partial charge in [-0.2, -0.15) is 4.98 Å². The molecule has 0 radical (unpaired) electrons. The molecular weight excluding hydrogens is 412 g/mol. The predicted molar refractivity (Wildman–Crippen MR) is 116 cm³/mol. The standard InChI is InChI=1S/C23H24N4O5/c1-29-18-5-3-16(4-6-18)21-25-23(32-26-21)27-10-8-17(9-11-27)22(28)24-13-15-2-7-19-20(12-15)31-14-30-19/h2-7,12,17H,8-11,13-14H2,1H3,(H,24,28). The fourth-order valence-corrected chi connectivity index (χ4v) is 3.92. The van der Waals surface area contributed by atoms with Crippen molar-refractivity contribution in [1.82, 2.24) is 15.5 Å². The molecule has 3 heterocycles. The third-order valence-electron chi connectivity index (χ3n) is 5.80. The van der Waals surface area contributed by atoms with Crippen molar-refractivity contribution in [1.29, 1.82) is 0 Å². The highest BCUT2D eigenvalue weighted by molar-refractivity contribution is 5.79. The average molecular weight is 436 g/mol. The Morgan fingerprint density at radius 1 is 1.12 bits per heavy atom. The smallest absolute Gasteiger partial charge is 0.324 e. The monoisotopic (exact) mass is 436 g/mol. The lowest BCUT2D eigenvalue weighted by Crippen LogP contribution is -2.40. The molecule has 1 saturated heterocycles. The largest absolute Gasteiger partial charge is 0.497 e. The first-order chi connectivity index (χ1) is 15.7. The van der Waals surface area contributed by atoms with Crippen LogP contribution in [0.3, 0.4) is 0 Å². The van der Waals surface area contributed by atoms with Crippen LogP contribution in [0.25, 0.3) is 11.4 Å². The maximum atomic E-state index is 12.6. The number of carbonyl (C=O) groups excluding carboxylic acids is 1. The van der Waals surface area contributed by atoms with E-state index in [0.29, 0.717) is 31.5 Å². The second kappa shape index (κ2) is 8.78. The highest BCUT2D eigenvalue weighted by Gasteiger charge is 2.27. The van der Waals surface area contributed by atoms with Crippen LogP contribution in [0.4, 0.5) is 6.01 Å². The van der Waals surface area contributed by atoms with Crippen LogP contribution in [0.5, 0.6) is 17.2 Å². The summed E-state index contributed by atoms with van der Waals surface area (Å²) in [4.78, 5) is 19.2. The van der Waals surface area contributed by atoms with Gasteiger partial charge in [0.15, 0.2) is 11.5 Å². The molecule has 0 aliphatic carbocycles. The van der Waals surface area contributed by atoms with Crippen molar-refractivity contribution in [2.45, 2.75) is 19.4 Å². The van der Waals surface area contributed by atoms with E-state index >= 15 is 0 Å².